The summed E-state index contributed by atoms with van der Waals surface area (Å²) in [5.41, 5.74) is 7.04. The number of nitrogens with two attached hydrogens (primary N) is 1. The zero-order valence-electron chi connectivity index (χ0n) is 15.4. The summed E-state index contributed by atoms with van der Waals surface area (Å²) in [6.07, 6.45) is 1.18. The minimum Gasteiger partial charge on any atom is -0.461 e. The lowest BCUT2D eigenvalue weighted by Crippen LogP contribution is -2.47. The number of aryl methyl sites for hydroxylation is 2. The van der Waals surface area contributed by atoms with Crippen molar-refractivity contribution in [3.05, 3.63) is 72.0 Å². The molecular formula is C22H25NO4. The first-order chi connectivity index (χ1) is 13.0. The summed E-state index contributed by atoms with van der Waals surface area (Å²) in [7, 11) is 0. The van der Waals surface area contributed by atoms with Gasteiger partial charge in [0.25, 0.3) is 0 Å². The summed E-state index contributed by atoms with van der Waals surface area (Å²) in [5, 5.41) is 18.5. The fourth-order valence-electron chi connectivity index (χ4n) is 2.74. The molecule has 4 N–H and O–H groups in total. The van der Waals surface area contributed by atoms with Crippen molar-refractivity contribution in [3.8, 4) is 22.8 Å². The van der Waals surface area contributed by atoms with Crippen LogP contribution in [0.1, 0.15) is 17.7 Å². The van der Waals surface area contributed by atoms with Crippen LogP contribution in [0.4, 0.5) is 0 Å². The molecule has 5 heteroatoms. The van der Waals surface area contributed by atoms with Gasteiger partial charge in [-0.25, -0.2) is 0 Å². The minimum atomic E-state index is -0.941. The van der Waals surface area contributed by atoms with Gasteiger partial charge in [0, 0.05) is 5.56 Å². The molecule has 142 valence electrons. The quantitative estimate of drug-likeness (QED) is 0.565. The van der Waals surface area contributed by atoms with Gasteiger partial charge >= 0.3 is 0 Å². The highest BCUT2D eigenvalue weighted by molar-refractivity contribution is 5.58. The van der Waals surface area contributed by atoms with Gasteiger partial charge in [0.2, 0.25) is 0 Å². The molecule has 0 fully saturated rings. The normalized spacial score (nSPS) is 11.6. The molecule has 0 spiro atoms. The van der Waals surface area contributed by atoms with Gasteiger partial charge in [0.1, 0.15) is 23.0 Å². The van der Waals surface area contributed by atoms with E-state index in [1.54, 1.807) is 0 Å². The third kappa shape index (κ3) is 4.98. The van der Waals surface area contributed by atoms with Gasteiger partial charge in [0.05, 0.1) is 18.8 Å². The van der Waals surface area contributed by atoms with Crippen molar-refractivity contribution in [2.24, 2.45) is 5.73 Å². The van der Waals surface area contributed by atoms with E-state index in [2.05, 4.69) is 0 Å². The fourth-order valence-corrected chi connectivity index (χ4v) is 2.74. The predicted molar refractivity (Wildman–Crippen MR) is 105 cm³/mol. The van der Waals surface area contributed by atoms with Crippen LogP contribution in [0, 0.1) is 6.92 Å². The van der Waals surface area contributed by atoms with E-state index >= 15 is 0 Å². The predicted octanol–water partition coefficient (Wildman–Crippen LogP) is 3.66. The molecule has 0 unspecified atom stereocenters. The van der Waals surface area contributed by atoms with E-state index in [-0.39, 0.29) is 13.2 Å². The van der Waals surface area contributed by atoms with Crippen LogP contribution in [0.2, 0.25) is 0 Å². The third-order valence-corrected chi connectivity index (χ3v) is 4.58. The molecule has 0 saturated carbocycles. The van der Waals surface area contributed by atoms with Gasteiger partial charge in [-0.1, -0.05) is 12.1 Å². The van der Waals surface area contributed by atoms with Crippen molar-refractivity contribution in [1.82, 2.24) is 0 Å². The molecule has 0 bridgehead atoms. The van der Waals surface area contributed by atoms with Crippen LogP contribution in [0.5, 0.6) is 11.5 Å². The molecule has 3 rings (SSSR count). The molecule has 2 aromatic carbocycles. The Bertz CT molecular complexity index is 849. The van der Waals surface area contributed by atoms with E-state index in [9.17, 15) is 10.2 Å². The Morgan fingerprint density at radius 1 is 0.889 bits per heavy atom. The van der Waals surface area contributed by atoms with Crippen LogP contribution in [-0.2, 0) is 6.42 Å². The van der Waals surface area contributed by atoms with Crippen LogP contribution in [0.15, 0.2) is 65.1 Å². The van der Waals surface area contributed by atoms with Crippen LogP contribution < -0.4 is 10.5 Å². The van der Waals surface area contributed by atoms with Crippen molar-refractivity contribution in [3.63, 3.8) is 0 Å². The zero-order valence-corrected chi connectivity index (χ0v) is 15.4. The molecular weight excluding hydrogens is 342 g/mol. The molecule has 0 radical (unpaired) electrons. The van der Waals surface area contributed by atoms with Gasteiger partial charge in [-0.2, -0.15) is 0 Å². The Morgan fingerprint density at radius 2 is 1.48 bits per heavy atom. The first-order valence-electron chi connectivity index (χ1n) is 8.96. The van der Waals surface area contributed by atoms with Gasteiger partial charge in [0.15, 0.2) is 0 Å². The average Bonchev–Trinajstić information content (AvgIpc) is 3.14. The van der Waals surface area contributed by atoms with Crippen LogP contribution in [0.3, 0.4) is 0 Å². The van der Waals surface area contributed by atoms with Gasteiger partial charge in [-0.3, -0.25) is 0 Å². The molecule has 0 atom stereocenters. The van der Waals surface area contributed by atoms with Crippen LogP contribution >= 0.6 is 0 Å². The molecule has 1 aromatic heterocycles. The number of aliphatic hydroxyl groups excluding tert-OH is 2. The monoisotopic (exact) mass is 367 g/mol. The molecule has 0 saturated heterocycles. The highest BCUT2D eigenvalue weighted by Gasteiger charge is 2.22. The Morgan fingerprint density at radius 3 is 2.00 bits per heavy atom. The minimum absolute atomic E-state index is 0.238. The first-order valence-corrected chi connectivity index (χ1v) is 8.96. The van der Waals surface area contributed by atoms with E-state index in [0.717, 1.165) is 34.1 Å². The van der Waals surface area contributed by atoms with E-state index < -0.39 is 5.54 Å². The molecule has 27 heavy (non-hydrogen) atoms. The van der Waals surface area contributed by atoms with E-state index in [1.165, 1.54) is 0 Å². The van der Waals surface area contributed by atoms with Gasteiger partial charge in [-0.05, 0) is 73.9 Å². The lowest BCUT2D eigenvalue weighted by Gasteiger charge is -2.24. The summed E-state index contributed by atoms with van der Waals surface area (Å²) in [4.78, 5) is 0. The number of rotatable bonds is 8. The molecule has 0 aliphatic heterocycles. The topological polar surface area (TPSA) is 88.9 Å². The van der Waals surface area contributed by atoms with Gasteiger partial charge < -0.3 is 25.1 Å². The van der Waals surface area contributed by atoms with Crippen LogP contribution in [-0.4, -0.2) is 29.0 Å². The van der Waals surface area contributed by atoms with E-state index in [1.807, 2.05) is 67.6 Å². The number of hydrogen-bond donors (Lipinski definition) is 3. The SMILES string of the molecule is Cc1ccc(-c2ccc(Oc3ccc(CCC(N)(CO)CO)cc3)cc2)o1. The summed E-state index contributed by atoms with van der Waals surface area (Å²) in [5.74, 6) is 3.21. The molecule has 0 aliphatic carbocycles. The number of furan rings is 1. The first kappa shape index (κ1) is 19.2. The zero-order chi connectivity index (χ0) is 19.3. The molecule has 5 nitrogen and oxygen atoms in total. The van der Waals surface area contributed by atoms with Gasteiger partial charge in [-0.15, -0.1) is 0 Å². The van der Waals surface area contributed by atoms with E-state index in [4.69, 9.17) is 14.9 Å². The molecule has 0 amide bonds. The van der Waals surface area contributed by atoms with Crippen LogP contribution in [0.25, 0.3) is 11.3 Å². The summed E-state index contributed by atoms with van der Waals surface area (Å²) in [6, 6.07) is 19.4. The molecule has 3 aromatic rings. The maximum absolute atomic E-state index is 9.25. The highest BCUT2D eigenvalue weighted by atomic mass is 16.5. The number of ether oxygens (including phenoxy) is 1. The second-order valence-electron chi connectivity index (χ2n) is 6.86. The van der Waals surface area contributed by atoms with Crippen molar-refractivity contribution in [2.75, 3.05) is 13.2 Å². The summed E-state index contributed by atoms with van der Waals surface area (Å²) in [6.45, 7) is 1.45. The largest absolute Gasteiger partial charge is 0.461 e. The van der Waals surface area contributed by atoms with Crippen molar-refractivity contribution in [1.29, 1.82) is 0 Å². The second kappa shape index (κ2) is 8.39. The van der Waals surface area contributed by atoms with Crippen molar-refractivity contribution < 1.29 is 19.4 Å². The average molecular weight is 367 g/mol. The highest BCUT2D eigenvalue weighted by Crippen LogP contribution is 2.27. The Kier molecular flexibility index (Phi) is 5.96. The maximum atomic E-state index is 9.25. The van der Waals surface area contributed by atoms with E-state index in [0.29, 0.717) is 12.8 Å². The summed E-state index contributed by atoms with van der Waals surface area (Å²) < 4.78 is 11.5. The second-order valence-corrected chi connectivity index (χ2v) is 6.86. The number of hydrogen-bond acceptors (Lipinski definition) is 5. The number of aliphatic hydroxyl groups is 2. The molecule has 1 heterocycles. The standard InChI is InChI=1S/C22H25NO4/c1-16-2-11-21(26-16)18-5-9-20(10-6-18)27-19-7-3-17(4-8-19)12-13-22(23,14-24)15-25/h2-11,24-25H,12-15,23H2,1H3. The fraction of sp³-hybridized carbons (Fsp3) is 0.273. The Hall–Kier alpha value is -2.60. The third-order valence-electron chi connectivity index (χ3n) is 4.58. The van der Waals surface area contributed by atoms with Crippen molar-refractivity contribution in [2.45, 2.75) is 25.3 Å². The van der Waals surface area contributed by atoms with Crippen molar-refractivity contribution >= 4 is 0 Å². The Labute approximate surface area is 159 Å². The summed E-state index contributed by atoms with van der Waals surface area (Å²) >= 11 is 0. The number of benzene rings is 2. The smallest absolute Gasteiger partial charge is 0.134 e. The molecule has 0 aliphatic rings. The lowest BCUT2D eigenvalue weighted by molar-refractivity contribution is 0.115. The maximum Gasteiger partial charge on any atom is 0.134 e. The lowest BCUT2D eigenvalue weighted by atomic mass is 9.94. The Balaban J connectivity index is 1.59.